The van der Waals surface area contributed by atoms with E-state index in [1.54, 1.807) is 0 Å². The van der Waals surface area contributed by atoms with E-state index in [-0.39, 0.29) is 6.04 Å². The van der Waals surface area contributed by atoms with E-state index in [0.717, 1.165) is 37.2 Å². The minimum Gasteiger partial charge on any atom is -0.486 e. The summed E-state index contributed by atoms with van der Waals surface area (Å²) in [5, 5.41) is 11.1. The van der Waals surface area contributed by atoms with Gasteiger partial charge in [-0.3, -0.25) is 4.90 Å². The van der Waals surface area contributed by atoms with Crippen molar-refractivity contribution in [2.75, 3.05) is 13.1 Å². The summed E-state index contributed by atoms with van der Waals surface area (Å²) in [6.45, 7) is 14.6. The first-order valence-electron chi connectivity index (χ1n) is 8.54. The van der Waals surface area contributed by atoms with Crippen molar-refractivity contribution in [3.8, 4) is 5.75 Å². The predicted octanol–water partition coefficient (Wildman–Crippen LogP) is 4.00. The zero-order valence-corrected chi connectivity index (χ0v) is 14.9. The minimum atomic E-state index is -0.505. The van der Waals surface area contributed by atoms with Gasteiger partial charge in [0.2, 0.25) is 0 Å². The highest BCUT2D eigenvalue weighted by molar-refractivity contribution is 5.45. The molecule has 0 radical (unpaired) electrons. The quantitative estimate of drug-likeness (QED) is 0.892. The average Bonchev–Trinajstić information content (AvgIpc) is 2.44. The zero-order chi connectivity index (χ0) is 16.5. The highest BCUT2D eigenvalue weighted by Gasteiger charge is 2.45. The molecule has 0 aromatic heterocycles. The van der Waals surface area contributed by atoms with E-state index >= 15 is 0 Å². The molecular formula is C19H31NO2. The molecule has 1 N–H and O–H groups in total. The van der Waals surface area contributed by atoms with Crippen LogP contribution in [-0.4, -0.2) is 34.7 Å². The van der Waals surface area contributed by atoms with Gasteiger partial charge in [0.1, 0.15) is 17.5 Å². The van der Waals surface area contributed by atoms with Crippen molar-refractivity contribution in [1.82, 2.24) is 4.90 Å². The van der Waals surface area contributed by atoms with E-state index < -0.39 is 11.7 Å². The molecule has 0 saturated heterocycles. The SMILES string of the molecule is CCCCN(CC)C1C(O)c2cc(C)c(C)cc2OC1(C)C. The Balaban J connectivity index is 2.40. The maximum absolute atomic E-state index is 11.1. The van der Waals surface area contributed by atoms with Crippen molar-refractivity contribution in [2.45, 2.75) is 72.1 Å². The van der Waals surface area contributed by atoms with Gasteiger partial charge in [-0.05, 0) is 70.5 Å². The van der Waals surface area contributed by atoms with Crippen molar-refractivity contribution in [2.24, 2.45) is 0 Å². The fraction of sp³-hybridized carbons (Fsp3) is 0.684. The molecule has 0 spiro atoms. The summed E-state index contributed by atoms with van der Waals surface area (Å²) in [5.74, 6) is 0.836. The highest BCUT2D eigenvalue weighted by Crippen LogP contribution is 2.43. The van der Waals surface area contributed by atoms with Crippen LogP contribution in [0.25, 0.3) is 0 Å². The maximum Gasteiger partial charge on any atom is 0.126 e. The third-order valence-electron chi connectivity index (χ3n) is 4.93. The first-order valence-corrected chi connectivity index (χ1v) is 8.54. The number of rotatable bonds is 5. The first kappa shape index (κ1) is 17.3. The van der Waals surface area contributed by atoms with E-state index in [0.29, 0.717) is 0 Å². The van der Waals surface area contributed by atoms with Crippen molar-refractivity contribution < 1.29 is 9.84 Å². The van der Waals surface area contributed by atoms with Crippen LogP contribution in [0, 0.1) is 13.8 Å². The summed E-state index contributed by atoms with van der Waals surface area (Å²) in [6, 6.07) is 4.14. The zero-order valence-electron chi connectivity index (χ0n) is 14.9. The summed E-state index contributed by atoms with van der Waals surface area (Å²) >= 11 is 0. The average molecular weight is 305 g/mol. The van der Waals surface area contributed by atoms with Gasteiger partial charge in [0.15, 0.2) is 0 Å². The number of aryl methyl sites for hydroxylation is 2. The second-order valence-corrected chi connectivity index (χ2v) is 7.05. The second-order valence-electron chi connectivity index (χ2n) is 7.05. The minimum absolute atomic E-state index is 0.0151. The summed E-state index contributed by atoms with van der Waals surface area (Å²) in [6.07, 6.45) is 1.80. The second kappa shape index (κ2) is 6.59. The molecule has 2 atom stereocenters. The normalized spacial score (nSPS) is 23.3. The fourth-order valence-electron chi connectivity index (χ4n) is 3.52. The van der Waals surface area contributed by atoms with E-state index in [9.17, 15) is 5.11 Å². The lowest BCUT2D eigenvalue weighted by Gasteiger charge is -2.48. The fourth-order valence-corrected chi connectivity index (χ4v) is 3.52. The Bertz CT molecular complexity index is 524. The molecule has 3 heteroatoms. The van der Waals surface area contributed by atoms with Gasteiger partial charge in [-0.2, -0.15) is 0 Å². The smallest absolute Gasteiger partial charge is 0.126 e. The van der Waals surface area contributed by atoms with Gasteiger partial charge in [-0.1, -0.05) is 20.3 Å². The molecule has 1 aromatic carbocycles. The molecule has 2 unspecified atom stereocenters. The molecule has 0 bridgehead atoms. The highest BCUT2D eigenvalue weighted by atomic mass is 16.5. The molecule has 0 saturated carbocycles. The topological polar surface area (TPSA) is 32.7 Å². The number of hydrogen-bond donors (Lipinski definition) is 1. The Labute approximate surface area is 135 Å². The third kappa shape index (κ3) is 3.16. The van der Waals surface area contributed by atoms with Crippen LogP contribution in [0.1, 0.15) is 63.3 Å². The van der Waals surface area contributed by atoms with Crippen LogP contribution < -0.4 is 4.74 Å². The third-order valence-corrected chi connectivity index (χ3v) is 4.93. The van der Waals surface area contributed by atoms with E-state index in [1.165, 1.54) is 11.1 Å². The van der Waals surface area contributed by atoms with Crippen LogP contribution in [0.3, 0.4) is 0 Å². The molecule has 1 aliphatic heterocycles. The summed E-state index contributed by atoms with van der Waals surface area (Å²) in [7, 11) is 0. The van der Waals surface area contributed by atoms with Gasteiger partial charge in [0.25, 0.3) is 0 Å². The lowest BCUT2D eigenvalue weighted by Crippen LogP contribution is -2.58. The Morgan fingerprint density at radius 2 is 1.82 bits per heavy atom. The number of aliphatic hydroxyl groups is 1. The van der Waals surface area contributed by atoms with Crippen molar-refractivity contribution in [1.29, 1.82) is 0 Å². The van der Waals surface area contributed by atoms with Gasteiger partial charge in [-0.15, -0.1) is 0 Å². The van der Waals surface area contributed by atoms with Crippen LogP contribution in [-0.2, 0) is 0 Å². The Hall–Kier alpha value is -1.06. The predicted molar refractivity (Wildman–Crippen MR) is 91.5 cm³/mol. The van der Waals surface area contributed by atoms with Crippen LogP contribution in [0.2, 0.25) is 0 Å². The Morgan fingerprint density at radius 3 is 2.41 bits per heavy atom. The standard InChI is InChI=1S/C19H31NO2/c1-7-9-10-20(8-2)18-17(21)15-11-13(3)14(4)12-16(15)22-19(18,5)6/h11-12,17-18,21H,7-10H2,1-6H3. The monoisotopic (exact) mass is 305 g/mol. The van der Waals surface area contributed by atoms with Gasteiger partial charge >= 0.3 is 0 Å². The lowest BCUT2D eigenvalue weighted by atomic mass is 9.83. The van der Waals surface area contributed by atoms with Gasteiger partial charge in [0.05, 0.1) is 6.04 Å². The molecule has 124 valence electrons. The van der Waals surface area contributed by atoms with E-state index in [4.69, 9.17) is 4.74 Å². The number of unbranched alkanes of at least 4 members (excludes halogenated alkanes) is 1. The van der Waals surface area contributed by atoms with Crippen LogP contribution in [0.4, 0.5) is 0 Å². The number of likely N-dealkylation sites (N-methyl/N-ethyl adjacent to an activating group) is 1. The van der Waals surface area contributed by atoms with Crippen molar-refractivity contribution in [3.63, 3.8) is 0 Å². The molecule has 0 amide bonds. The molecule has 1 aliphatic rings. The molecule has 3 nitrogen and oxygen atoms in total. The summed E-state index contributed by atoms with van der Waals surface area (Å²) in [5.41, 5.74) is 2.94. The lowest BCUT2D eigenvalue weighted by molar-refractivity contribution is -0.0817. The number of nitrogens with zero attached hydrogens (tertiary/aromatic N) is 1. The van der Waals surface area contributed by atoms with Crippen molar-refractivity contribution >= 4 is 0 Å². The molecule has 22 heavy (non-hydrogen) atoms. The van der Waals surface area contributed by atoms with E-state index in [2.05, 4.69) is 58.6 Å². The summed E-state index contributed by atoms with van der Waals surface area (Å²) in [4.78, 5) is 2.37. The molecule has 0 fully saturated rings. The molecule has 0 aliphatic carbocycles. The molecule has 1 heterocycles. The van der Waals surface area contributed by atoms with Gasteiger partial charge in [-0.25, -0.2) is 0 Å². The van der Waals surface area contributed by atoms with Gasteiger partial charge in [0, 0.05) is 5.56 Å². The first-order chi connectivity index (χ1) is 10.3. The van der Waals surface area contributed by atoms with E-state index in [1.807, 2.05) is 0 Å². The Kier molecular flexibility index (Phi) is 5.18. The Morgan fingerprint density at radius 1 is 1.18 bits per heavy atom. The van der Waals surface area contributed by atoms with Gasteiger partial charge < -0.3 is 9.84 Å². The molecule has 1 aromatic rings. The van der Waals surface area contributed by atoms with Crippen LogP contribution in [0.5, 0.6) is 5.75 Å². The number of aliphatic hydroxyl groups excluding tert-OH is 1. The number of hydrogen-bond acceptors (Lipinski definition) is 3. The number of benzene rings is 1. The molecular weight excluding hydrogens is 274 g/mol. The van der Waals surface area contributed by atoms with Crippen LogP contribution in [0.15, 0.2) is 12.1 Å². The van der Waals surface area contributed by atoms with Crippen molar-refractivity contribution in [3.05, 3.63) is 28.8 Å². The number of ether oxygens (including phenoxy) is 1. The maximum atomic E-state index is 11.1. The largest absolute Gasteiger partial charge is 0.486 e. The summed E-state index contributed by atoms with van der Waals surface area (Å²) < 4.78 is 6.30. The van der Waals surface area contributed by atoms with Crippen LogP contribution >= 0.6 is 0 Å². The molecule has 2 rings (SSSR count). The number of fused-ring (bicyclic) bond motifs is 1.